The van der Waals surface area contributed by atoms with Gasteiger partial charge in [-0.3, -0.25) is 0 Å². The maximum absolute atomic E-state index is 2.47. The van der Waals surface area contributed by atoms with Crippen LogP contribution < -0.4 is 0 Å². The van der Waals surface area contributed by atoms with Crippen LogP contribution in [0.2, 0.25) is 0 Å². The van der Waals surface area contributed by atoms with E-state index in [1.165, 1.54) is 141 Å². The second-order valence-corrected chi connectivity index (χ2v) is 9.68. The molecule has 2 aliphatic rings. The van der Waals surface area contributed by atoms with E-state index in [9.17, 15) is 0 Å². The standard InChI is InChI=1S/C30H50/c1-2-6-10-14-18-22-26-29(25-21-17-13-9-5-1)30-27-23-19-15-11-7-3-4-8-12-16-20-24-28-30/h17,19,21,23,25,27H,1-16,18,20,22,24,26,28H2/b21-17-,23-19-,29-25+,30-27+. The van der Waals surface area contributed by atoms with Gasteiger partial charge in [0.25, 0.3) is 0 Å². The van der Waals surface area contributed by atoms with Crippen LogP contribution in [0.3, 0.4) is 0 Å². The number of rotatable bonds is 1. The highest BCUT2D eigenvalue weighted by atomic mass is 14.1. The fourth-order valence-electron chi connectivity index (χ4n) is 4.89. The SMILES string of the molecule is C1=C/CCCCCCCCCCCC(/C2=C/C=C\CCCCCCCCCCC2)=C\1. The molecule has 2 rings (SSSR count). The Morgan fingerprint density at radius 1 is 0.333 bits per heavy atom. The first-order valence-corrected chi connectivity index (χ1v) is 13.7. The average molecular weight is 411 g/mol. The molecule has 0 nitrogen and oxygen atoms in total. The Labute approximate surface area is 189 Å². The van der Waals surface area contributed by atoms with Crippen LogP contribution >= 0.6 is 0 Å². The van der Waals surface area contributed by atoms with E-state index in [0.717, 1.165) is 0 Å². The summed E-state index contributed by atoms with van der Waals surface area (Å²) >= 11 is 0. The van der Waals surface area contributed by atoms with E-state index < -0.39 is 0 Å². The van der Waals surface area contributed by atoms with Gasteiger partial charge < -0.3 is 0 Å². The van der Waals surface area contributed by atoms with Crippen LogP contribution in [0.1, 0.15) is 141 Å². The third-order valence-electron chi connectivity index (χ3n) is 6.91. The van der Waals surface area contributed by atoms with E-state index in [2.05, 4.69) is 36.5 Å². The molecule has 0 heterocycles. The summed E-state index contributed by atoms with van der Waals surface area (Å²) in [6.07, 6.45) is 45.1. The number of hydrogen-bond donors (Lipinski definition) is 0. The third kappa shape index (κ3) is 13.3. The van der Waals surface area contributed by atoms with Crippen molar-refractivity contribution in [1.82, 2.24) is 0 Å². The van der Waals surface area contributed by atoms with Crippen molar-refractivity contribution in [3.05, 3.63) is 47.6 Å². The van der Waals surface area contributed by atoms with E-state index in [-0.39, 0.29) is 0 Å². The van der Waals surface area contributed by atoms with Crippen molar-refractivity contribution in [2.45, 2.75) is 141 Å². The summed E-state index contributed by atoms with van der Waals surface area (Å²) in [5.41, 5.74) is 3.24. The average Bonchev–Trinajstić information content (AvgIpc) is 2.77. The van der Waals surface area contributed by atoms with Gasteiger partial charge in [0, 0.05) is 0 Å². The van der Waals surface area contributed by atoms with Gasteiger partial charge in [0.2, 0.25) is 0 Å². The summed E-state index contributed by atoms with van der Waals surface area (Å²) in [6, 6.07) is 0. The molecule has 0 atom stereocenters. The Bertz CT molecular complexity index is 468. The normalized spacial score (nSPS) is 28.8. The fourth-order valence-corrected chi connectivity index (χ4v) is 4.89. The third-order valence-corrected chi connectivity index (χ3v) is 6.91. The summed E-state index contributed by atoms with van der Waals surface area (Å²) in [7, 11) is 0. The minimum absolute atomic E-state index is 1.25. The minimum Gasteiger partial charge on any atom is -0.0845 e. The quantitative estimate of drug-likeness (QED) is 0.403. The molecule has 0 heteroatoms. The van der Waals surface area contributed by atoms with Crippen molar-refractivity contribution in [2.75, 3.05) is 0 Å². The van der Waals surface area contributed by atoms with Crippen LogP contribution in [0.5, 0.6) is 0 Å². The van der Waals surface area contributed by atoms with Gasteiger partial charge in [0.1, 0.15) is 0 Å². The van der Waals surface area contributed by atoms with Gasteiger partial charge in [0.05, 0.1) is 0 Å². The highest BCUT2D eigenvalue weighted by molar-refractivity contribution is 5.36. The first kappa shape index (κ1) is 25.2. The second-order valence-electron chi connectivity index (χ2n) is 9.68. The van der Waals surface area contributed by atoms with E-state index in [4.69, 9.17) is 0 Å². The summed E-state index contributed by atoms with van der Waals surface area (Å²) in [5, 5.41) is 0. The number of hydrogen-bond acceptors (Lipinski definition) is 0. The fraction of sp³-hybridized carbons (Fsp3) is 0.733. The van der Waals surface area contributed by atoms with Crippen LogP contribution in [0.15, 0.2) is 47.6 Å². The van der Waals surface area contributed by atoms with Gasteiger partial charge >= 0.3 is 0 Å². The van der Waals surface area contributed by atoms with Crippen LogP contribution in [-0.4, -0.2) is 0 Å². The minimum atomic E-state index is 1.25. The maximum Gasteiger partial charge on any atom is -0.0276 e. The first-order valence-electron chi connectivity index (χ1n) is 13.7. The number of allylic oxidation sites excluding steroid dienone is 8. The highest BCUT2D eigenvalue weighted by Gasteiger charge is 2.06. The molecule has 30 heavy (non-hydrogen) atoms. The lowest BCUT2D eigenvalue weighted by molar-refractivity contribution is 0.556. The Hall–Kier alpha value is -1.04. The lowest BCUT2D eigenvalue weighted by Crippen LogP contribution is -1.93. The summed E-state index contributed by atoms with van der Waals surface area (Å²) in [5.74, 6) is 0. The van der Waals surface area contributed by atoms with Crippen molar-refractivity contribution < 1.29 is 0 Å². The zero-order chi connectivity index (χ0) is 21.0. The molecule has 0 radical (unpaired) electrons. The van der Waals surface area contributed by atoms with Gasteiger partial charge in [-0.1, -0.05) is 126 Å². The van der Waals surface area contributed by atoms with Crippen LogP contribution in [-0.2, 0) is 0 Å². The molecule has 0 spiro atoms. The van der Waals surface area contributed by atoms with Gasteiger partial charge in [0.15, 0.2) is 0 Å². The zero-order valence-corrected chi connectivity index (χ0v) is 20.0. The monoisotopic (exact) mass is 410 g/mol. The zero-order valence-electron chi connectivity index (χ0n) is 20.0. The van der Waals surface area contributed by atoms with Crippen molar-refractivity contribution in [2.24, 2.45) is 0 Å². The van der Waals surface area contributed by atoms with E-state index >= 15 is 0 Å². The van der Waals surface area contributed by atoms with Crippen molar-refractivity contribution in [3.63, 3.8) is 0 Å². The maximum atomic E-state index is 2.47. The highest BCUT2D eigenvalue weighted by Crippen LogP contribution is 2.25. The molecule has 0 saturated heterocycles. The topological polar surface area (TPSA) is 0 Å². The summed E-state index contributed by atoms with van der Waals surface area (Å²) in [6.45, 7) is 0. The molecule has 0 N–H and O–H groups in total. The van der Waals surface area contributed by atoms with Gasteiger partial charge in [-0.05, 0) is 62.5 Å². The summed E-state index contributed by atoms with van der Waals surface area (Å²) < 4.78 is 0. The van der Waals surface area contributed by atoms with Gasteiger partial charge in [-0.2, -0.15) is 0 Å². The molecule has 0 unspecified atom stereocenters. The molecule has 0 bridgehead atoms. The molecule has 170 valence electrons. The Kier molecular flexibility index (Phi) is 15.7. The molecule has 0 fully saturated rings. The van der Waals surface area contributed by atoms with Crippen molar-refractivity contribution >= 4 is 0 Å². The lowest BCUT2D eigenvalue weighted by Gasteiger charge is -2.12. The van der Waals surface area contributed by atoms with Crippen LogP contribution in [0, 0.1) is 0 Å². The Balaban J connectivity index is 2.02. The van der Waals surface area contributed by atoms with E-state index in [1.54, 1.807) is 11.1 Å². The van der Waals surface area contributed by atoms with Crippen molar-refractivity contribution in [3.8, 4) is 0 Å². The van der Waals surface area contributed by atoms with Crippen molar-refractivity contribution in [1.29, 1.82) is 0 Å². The molecule has 2 aliphatic carbocycles. The molecule has 0 aromatic carbocycles. The molecule has 0 saturated carbocycles. The molecule has 0 aliphatic heterocycles. The molecule has 0 amide bonds. The summed E-state index contributed by atoms with van der Waals surface area (Å²) in [4.78, 5) is 0. The largest absolute Gasteiger partial charge is 0.0845 e. The van der Waals surface area contributed by atoms with Crippen LogP contribution in [0.25, 0.3) is 0 Å². The predicted octanol–water partition coefficient (Wildman–Crippen LogP) is 10.6. The Morgan fingerprint density at radius 3 is 1.00 bits per heavy atom. The second kappa shape index (κ2) is 18.7. The molecular weight excluding hydrogens is 360 g/mol. The van der Waals surface area contributed by atoms with E-state index in [0.29, 0.717) is 0 Å². The van der Waals surface area contributed by atoms with Crippen LogP contribution in [0.4, 0.5) is 0 Å². The lowest BCUT2D eigenvalue weighted by atomic mass is 9.93. The predicted molar refractivity (Wildman–Crippen MR) is 136 cm³/mol. The van der Waals surface area contributed by atoms with Gasteiger partial charge in [-0.25, -0.2) is 0 Å². The Morgan fingerprint density at radius 2 is 0.633 bits per heavy atom. The smallest absolute Gasteiger partial charge is 0.0276 e. The van der Waals surface area contributed by atoms with E-state index in [1.807, 2.05) is 0 Å². The van der Waals surface area contributed by atoms with Gasteiger partial charge in [-0.15, -0.1) is 0 Å². The molecular formula is C30H50. The molecule has 0 aromatic heterocycles. The molecule has 0 aromatic rings. The first-order chi connectivity index (χ1) is 15.0.